The molecule has 0 aliphatic rings. The molecule has 0 spiro atoms. The molecule has 0 heterocycles. The highest BCUT2D eigenvalue weighted by atomic mass is 79.9. The van der Waals surface area contributed by atoms with E-state index in [-0.39, 0.29) is 5.78 Å². The Morgan fingerprint density at radius 2 is 1.76 bits per heavy atom. The van der Waals surface area contributed by atoms with Crippen molar-refractivity contribution in [2.24, 2.45) is 0 Å². The van der Waals surface area contributed by atoms with Gasteiger partial charge in [0.05, 0.1) is 28.1 Å². The second kappa shape index (κ2) is 7.00. The van der Waals surface area contributed by atoms with Crippen LogP contribution in [0.25, 0.3) is 0 Å². The van der Waals surface area contributed by atoms with Crippen molar-refractivity contribution in [3.63, 3.8) is 0 Å². The summed E-state index contributed by atoms with van der Waals surface area (Å²) in [6, 6.07) is 14.1. The summed E-state index contributed by atoms with van der Waals surface area (Å²) in [4.78, 5) is 13.1. The molecule has 0 saturated carbocycles. The van der Waals surface area contributed by atoms with Crippen LogP contribution >= 0.6 is 15.9 Å². The summed E-state index contributed by atoms with van der Waals surface area (Å²) in [7, 11) is 0.166. The Kier molecular flexibility index (Phi) is 5.31. The van der Waals surface area contributed by atoms with E-state index < -0.39 is 16.0 Å². The van der Waals surface area contributed by atoms with Gasteiger partial charge in [-0.3, -0.25) is 9.00 Å². The lowest BCUT2D eigenvalue weighted by atomic mass is 10.1. The molecule has 0 saturated heterocycles. The second-order valence-electron chi connectivity index (χ2n) is 4.46. The first-order chi connectivity index (χ1) is 10.0. The Bertz CT molecular complexity index is 667. The number of benzene rings is 2. The average molecular weight is 367 g/mol. The maximum atomic E-state index is 12.5. The molecule has 0 aromatic heterocycles. The van der Waals surface area contributed by atoms with E-state index in [9.17, 15) is 9.00 Å². The zero-order valence-electron chi connectivity index (χ0n) is 11.7. The highest BCUT2D eigenvalue weighted by Crippen LogP contribution is 2.24. The van der Waals surface area contributed by atoms with Gasteiger partial charge in [-0.25, -0.2) is 0 Å². The Labute approximate surface area is 134 Å². The molecular formula is C16H15BrO3S. The molecule has 2 aromatic rings. The minimum Gasteiger partial charge on any atom is -0.497 e. The average Bonchev–Trinajstić information content (AvgIpc) is 2.53. The van der Waals surface area contributed by atoms with Gasteiger partial charge in [-0.2, -0.15) is 0 Å². The lowest BCUT2D eigenvalue weighted by Crippen LogP contribution is -2.23. The standard InChI is InChI=1S/C16H15BrO3S/c1-11(21(19)15-6-4-3-5-14(15)17)16(18)12-7-9-13(20-2)10-8-12/h3-11H,1-2H3. The molecule has 0 bridgehead atoms. The first-order valence-electron chi connectivity index (χ1n) is 6.38. The fourth-order valence-electron chi connectivity index (χ4n) is 1.89. The van der Waals surface area contributed by atoms with Crippen molar-refractivity contribution >= 4 is 32.5 Å². The van der Waals surface area contributed by atoms with Gasteiger partial charge < -0.3 is 4.74 Å². The summed E-state index contributed by atoms with van der Waals surface area (Å²) >= 11 is 3.37. The fraction of sp³-hybridized carbons (Fsp3) is 0.188. The smallest absolute Gasteiger partial charge is 0.178 e. The molecule has 0 aliphatic heterocycles. The van der Waals surface area contributed by atoms with Crippen LogP contribution in [0.5, 0.6) is 5.75 Å². The molecule has 2 atom stereocenters. The van der Waals surface area contributed by atoms with Gasteiger partial charge in [0, 0.05) is 10.0 Å². The highest BCUT2D eigenvalue weighted by Gasteiger charge is 2.24. The number of ether oxygens (including phenoxy) is 1. The van der Waals surface area contributed by atoms with Crippen molar-refractivity contribution in [2.45, 2.75) is 17.1 Å². The van der Waals surface area contributed by atoms with Crippen molar-refractivity contribution in [1.29, 1.82) is 0 Å². The molecule has 2 aromatic carbocycles. The Balaban J connectivity index is 2.22. The minimum absolute atomic E-state index is 0.147. The second-order valence-corrected chi connectivity index (χ2v) is 7.06. The molecule has 0 amide bonds. The third kappa shape index (κ3) is 3.60. The first kappa shape index (κ1) is 15.9. The monoisotopic (exact) mass is 366 g/mol. The van der Waals surface area contributed by atoms with Gasteiger partial charge in [-0.1, -0.05) is 12.1 Å². The van der Waals surface area contributed by atoms with Crippen LogP contribution in [0.3, 0.4) is 0 Å². The van der Waals surface area contributed by atoms with Crippen molar-refractivity contribution in [3.8, 4) is 5.75 Å². The third-order valence-electron chi connectivity index (χ3n) is 3.12. The predicted molar refractivity (Wildman–Crippen MR) is 87.3 cm³/mol. The van der Waals surface area contributed by atoms with E-state index >= 15 is 0 Å². The summed E-state index contributed by atoms with van der Waals surface area (Å²) in [5.74, 6) is 0.540. The van der Waals surface area contributed by atoms with E-state index in [1.807, 2.05) is 18.2 Å². The molecule has 0 aliphatic carbocycles. The van der Waals surface area contributed by atoms with Crippen LogP contribution in [0.15, 0.2) is 57.9 Å². The largest absolute Gasteiger partial charge is 0.497 e. The van der Waals surface area contributed by atoms with Gasteiger partial charge in [0.2, 0.25) is 0 Å². The lowest BCUT2D eigenvalue weighted by molar-refractivity contribution is 0.0992. The highest BCUT2D eigenvalue weighted by molar-refractivity contribution is 9.10. The van der Waals surface area contributed by atoms with Gasteiger partial charge in [0.15, 0.2) is 5.78 Å². The van der Waals surface area contributed by atoms with Crippen LogP contribution in [0.1, 0.15) is 17.3 Å². The van der Waals surface area contributed by atoms with Gasteiger partial charge in [-0.15, -0.1) is 0 Å². The van der Waals surface area contributed by atoms with Gasteiger partial charge >= 0.3 is 0 Å². The molecule has 21 heavy (non-hydrogen) atoms. The number of methoxy groups -OCH3 is 1. The quantitative estimate of drug-likeness (QED) is 0.755. The molecule has 5 heteroatoms. The lowest BCUT2D eigenvalue weighted by Gasteiger charge is -2.12. The number of carbonyl (C=O) groups is 1. The van der Waals surface area contributed by atoms with Gasteiger partial charge in [0.25, 0.3) is 0 Å². The van der Waals surface area contributed by atoms with Crippen LogP contribution in [0, 0.1) is 0 Å². The number of Topliss-reactive ketones (excluding diaryl/α,β-unsaturated/α-hetero) is 1. The number of carbonyl (C=O) groups excluding carboxylic acids is 1. The Morgan fingerprint density at radius 1 is 1.14 bits per heavy atom. The zero-order valence-corrected chi connectivity index (χ0v) is 14.1. The fourth-order valence-corrected chi connectivity index (χ4v) is 3.83. The molecule has 3 nitrogen and oxygen atoms in total. The SMILES string of the molecule is COc1ccc(C(=O)C(C)S(=O)c2ccccc2Br)cc1. The Hall–Kier alpha value is -1.46. The summed E-state index contributed by atoms with van der Waals surface area (Å²) in [5.41, 5.74) is 0.531. The van der Waals surface area contributed by atoms with Crippen molar-refractivity contribution in [1.82, 2.24) is 0 Å². The zero-order chi connectivity index (χ0) is 15.4. The van der Waals surface area contributed by atoms with Crippen LogP contribution < -0.4 is 4.74 Å². The van der Waals surface area contributed by atoms with Crippen LogP contribution in [-0.2, 0) is 10.8 Å². The summed E-state index contributed by atoms with van der Waals surface area (Å²) in [6.07, 6.45) is 0. The molecule has 0 radical (unpaired) electrons. The maximum Gasteiger partial charge on any atom is 0.178 e. The number of rotatable bonds is 5. The maximum absolute atomic E-state index is 12.5. The number of ketones is 1. The van der Waals surface area contributed by atoms with Crippen molar-refractivity contribution in [2.75, 3.05) is 7.11 Å². The molecule has 0 fully saturated rings. The number of halogens is 1. The normalized spacial score (nSPS) is 13.5. The van der Waals surface area contributed by atoms with Crippen LogP contribution in [-0.4, -0.2) is 22.4 Å². The topological polar surface area (TPSA) is 43.4 Å². The molecule has 2 unspecified atom stereocenters. The van der Waals surface area contributed by atoms with Crippen LogP contribution in [0.2, 0.25) is 0 Å². The van der Waals surface area contributed by atoms with Crippen molar-refractivity contribution in [3.05, 3.63) is 58.6 Å². The van der Waals surface area contributed by atoms with E-state index in [0.717, 1.165) is 4.47 Å². The number of hydrogen-bond acceptors (Lipinski definition) is 3. The third-order valence-corrected chi connectivity index (χ3v) is 5.72. The van der Waals surface area contributed by atoms with E-state index in [1.165, 1.54) is 0 Å². The minimum atomic E-state index is -1.41. The first-order valence-corrected chi connectivity index (χ1v) is 8.38. The van der Waals surface area contributed by atoms with E-state index in [0.29, 0.717) is 16.2 Å². The van der Waals surface area contributed by atoms with Gasteiger partial charge in [-0.05, 0) is 59.3 Å². The van der Waals surface area contributed by atoms with E-state index in [4.69, 9.17) is 4.74 Å². The summed E-state index contributed by atoms with van der Waals surface area (Å²) in [6.45, 7) is 1.68. The molecule has 110 valence electrons. The predicted octanol–water partition coefficient (Wildman–Crippen LogP) is 3.84. The summed E-state index contributed by atoms with van der Waals surface area (Å²) < 4.78 is 18.4. The summed E-state index contributed by atoms with van der Waals surface area (Å²) in [5, 5.41) is -0.614. The molecule has 2 rings (SSSR count). The molecular weight excluding hydrogens is 352 g/mol. The van der Waals surface area contributed by atoms with E-state index in [2.05, 4.69) is 15.9 Å². The number of hydrogen-bond donors (Lipinski definition) is 0. The van der Waals surface area contributed by atoms with Crippen molar-refractivity contribution < 1.29 is 13.7 Å². The van der Waals surface area contributed by atoms with Crippen LogP contribution in [0.4, 0.5) is 0 Å². The van der Waals surface area contributed by atoms with Gasteiger partial charge in [0.1, 0.15) is 5.75 Å². The Morgan fingerprint density at radius 3 is 2.33 bits per heavy atom. The van der Waals surface area contributed by atoms with E-state index in [1.54, 1.807) is 44.4 Å². The molecule has 0 N–H and O–H groups in total.